The first-order valence-electron chi connectivity index (χ1n) is 5.79. The number of hydrogen-bond acceptors (Lipinski definition) is 3. The molecule has 0 aliphatic heterocycles. The predicted molar refractivity (Wildman–Crippen MR) is 72.9 cm³/mol. The molecule has 4 nitrogen and oxygen atoms in total. The van der Waals surface area contributed by atoms with Crippen LogP contribution < -0.4 is 11.1 Å². The zero-order valence-electron chi connectivity index (χ0n) is 9.82. The van der Waals surface area contributed by atoms with Crippen molar-refractivity contribution in [3.63, 3.8) is 0 Å². The largest absolute Gasteiger partial charge is 0.398 e. The van der Waals surface area contributed by atoms with Crippen LogP contribution in [0.3, 0.4) is 0 Å². The smallest absolute Gasteiger partial charge is 0.221 e. The molecule has 0 aromatic heterocycles. The molecule has 18 heavy (non-hydrogen) atoms. The molecule has 98 valence electrons. The molecule has 1 amide bonds. The Hall–Kier alpha value is -1.07. The molecule has 0 saturated heterocycles. The fourth-order valence-corrected chi connectivity index (χ4v) is 3.21. The lowest BCUT2D eigenvalue weighted by Crippen LogP contribution is -2.26. The van der Waals surface area contributed by atoms with E-state index in [4.69, 9.17) is 17.3 Å². The van der Waals surface area contributed by atoms with E-state index >= 15 is 0 Å². The second-order valence-corrected chi connectivity index (χ2v) is 6.21. The Balaban J connectivity index is 1.92. The van der Waals surface area contributed by atoms with E-state index in [1.165, 1.54) is 0 Å². The predicted octanol–water partition coefficient (Wildman–Crippen LogP) is 1.70. The van der Waals surface area contributed by atoms with Gasteiger partial charge < -0.3 is 11.1 Å². The van der Waals surface area contributed by atoms with Crippen LogP contribution in [0.15, 0.2) is 23.1 Å². The van der Waals surface area contributed by atoms with Gasteiger partial charge in [0.15, 0.2) is 0 Å². The van der Waals surface area contributed by atoms with Gasteiger partial charge in [0, 0.05) is 23.9 Å². The standard InChI is InChI=1S/C12H15ClN2O2S/c13-9-2-1-3-10(14)12(9)18(17)7-6-11(16)15-8-4-5-8/h1-3,8H,4-7,14H2,(H,15,16). The highest BCUT2D eigenvalue weighted by Gasteiger charge is 2.23. The van der Waals surface area contributed by atoms with Gasteiger partial charge in [-0.2, -0.15) is 0 Å². The van der Waals surface area contributed by atoms with E-state index in [9.17, 15) is 9.00 Å². The van der Waals surface area contributed by atoms with Crippen molar-refractivity contribution in [3.8, 4) is 0 Å². The lowest BCUT2D eigenvalue weighted by Gasteiger charge is -2.08. The zero-order valence-corrected chi connectivity index (χ0v) is 11.4. The maximum Gasteiger partial charge on any atom is 0.221 e. The maximum absolute atomic E-state index is 12.1. The number of anilines is 1. The Kier molecular flexibility index (Phi) is 4.24. The normalized spacial score (nSPS) is 16.3. The van der Waals surface area contributed by atoms with Gasteiger partial charge in [0.25, 0.3) is 0 Å². The third-order valence-electron chi connectivity index (χ3n) is 2.68. The van der Waals surface area contributed by atoms with Crippen molar-refractivity contribution in [1.29, 1.82) is 0 Å². The zero-order chi connectivity index (χ0) is 13.1. The van der Waals surface area contributed by atoms with Crippen molar-refractivity contribution in [2.45, 2.75) is 30.2 Å². The minimum Gasteiger partial charge on any atom is -0.398 e. The van der Waals surface area contributed by atoms with E-state index in [-0.39, 0.29) is 18.1 Å². The summed E-state index contributed by atoms with van der Waals surface area (Å²) in [6, 6.07) is 5.34. The Morgan fingerprint density at radius 3 is 2.83 bits per heavy atom. The molecule has 0 bridgehead atoms. The molecule has 6 heteroatoms. The van der Waals surface area contributed by atoms with Gasteiger partial charge in [-0.3, -0.25) is 9.00 Å². The molecule has 1 saturated carbocycles. The Morgan fingerprint density at radius 2 is 2.22 bits per heavy atom. The monoisotopic (exact) mass is 286 g/mol. The van der Waals surface area contributed by atoms with Crippen LogP contribution in [0.1, 0.15) is 19.3 Å². The number of benzene rings is 1. The van der Waals surface area contributed by atoms with E-state index in [0.29, 0.717) is 21.6 Å². The highest BCUT2D eigenvalue weighted by molar-refractivity contribution is 7.85. The van der Waals surface area contributed by atoms with Gasteiger partial charge >= 0.3 is 0 Å². The molecule has 2 rings (SSSR count). The molecule has 1 atom stereocenters. The number of hydrogen-bond donors (Lipinski definition) is 2. The summed E-state index contributed by atoms with van der Waals surface area (Å²) in [6.07, 6.45) is 2.33. The number of rotatable bonds is 5. The first-order chi connectivity index (χ1) is 8.58. The fraction of sp³-hybridized carbons (Fsp3) is 0.417. The van der Waals surface area contributed by atoms with Crippen molar-refractivity contribution in [2.24, 2.45) is 0 Å². The van der Waals surface area contributed by atoms with Gasteiger partial charge in [-0.15, -0.1) is 0 Å². The molecule has 1 aliphatic carbocycles. The Bertz CT molecular complexity index is 469. The van der Waals surface area contributed by atoms with E-state index < -0.39 is 10.8 Å². The Labute approximate surface area is 113 Å². The van der Waals surface area contributed by atoms with Crippen LogP contribution in [0.2, 0.25) is 5.02 Å². The number of carbonyl (C=O) groups is 1. The summed E-state index contributed by atoms with van der Waals surface area (Å²) in [5, 5.41) is 3.24. The summed E-state index contributed by atoms with van der Waals surface area (Å²) >= 11 is 5.96. The molecule has 1 aromatic rings. The van der Waals surface area contributed by atoms with Crippen molar-refractivity contribution in [2.75, 3.05) is 11.5 Å². The van der Waals surface area contributed by atoms with E-state index in [2.05, 4.69) is 5.32 Å². The van der Waals surface area contributed by atoms with Crippen LogP contribution >= 0.6 is 11.6 Å². The highest BCUT2D eigenvalue weighted by Crippen LogP contribution is 2.26. The molecule has 0 spiro atoms. The lowest BCUT2D eigenvalue weighted by molar-refractivity contribution is -0.120. The number of carbonyl (C=O) groups excluding carboxylic acids is 1. The van der Waals surface area contributed by atoms with Gasteiger partial charge in [-0.25, -0.2) is 0 Å². The second kappa shape index (κ2) is 5.71. The first kappa shape index (κ1) is 13.4. The van der Waals surface area contributed by atoms with Crippen molar-refractivity contribution in [3.05, 3.63) is 23.2 Å². The van der Waals surface area contributed by atoms with E-state index in [0.717, 1.165) is 12.8 Å². The summed E-state index contributed by atoms with van der Waals surface area (Å²) in [5.41, 5.74) is 6.15. The fourth-order valence-electron chi connectivity index (χ4n) is 1.58. The molecule has 1 fully saturated rings. The number of halogens is 1. The van der Waals surface area contributed by atoms with Crippen LogP contribution in [0.25, 0.3) is 0 Å². The molecule has 1 aliphatic rings. The van der Waals surface area contributed by atoms with Crippen molar-refractivity contribution >= 4 is 34.0 Å². The van der Waals surface area contributed by atoms with E-state index in [1.807, 2.05) is 0 Å². The summed E-state index contributed by atoms with van der Waals surface area (Å²) in [4.78, 5) is 11.9. The van der Waals surface area contributed by atoms with Crippen LogP contribution in [0.5, 0.6) is 0 Å². The summed E-state index contributed by atoms with van der Waals surface area (Å²) in [5.74, 6) is 0.184. The third-order valence-corrected chi connectivity index (χ3v) is 4.59. The summed E-state index contributed by atoms with van der Waals surface area (Å²) < 4.78 is 12.1. The summed E-state index contributed by atoms with van der Waals surface area (Å²) in [7, 11) is -1.34. The quantitative estimate of drug-likeness (QED) is 0.809. The SMILES string of the molecule is Nc1cccc(Cl)c1S(=O)CCC(=O)NC1CC1. The molecule has 1 unspecified atom stereocenters. The highest BCUT2D eigenvalue weighted by atomic mass is 35.5. The topological polar surface area (TPSA) is 72.2 Å². The molecule has 0 radical (unpaired) electrons. The van der Waals surface area contributed by atoms with Crippen LogP contribution in [-0.2, 0) is 15.6 Å². The van der Waals surface area contributed by atoms with Crippen molar-refractivity contribution in [1.82, 2.24) is 5.32 Å². The average Bonchev–Trinajstić information content (AvgIpc) is 3.10. The molecular weight excluding hydrogens is 272 g/mol. The number of amides is 1. The number of nitrogen functional groups attached to an aromatic ring is 1. The minimum absolute atomic E-state index is 0.0588. The minimum atomic E-state index is -1.34. The van der Waals surface area contributed by atoms with Crippen LogP contribution in [0, 0.1) is 0 Å². The maximum atomic E-state index is 12.1. The van der Waals surface area contributed by atoms with Gasteiger partial charge in [-0.1, -0.05) is 17.7 Å². The molecule has 0 heterocycles. The van der Waals surface area contributed by atoms with Crippen molar-refractivity contribution < 1.29 is 9.00 Å². The molecule has 3 N–H and O–H groups in total. The Morgan fingerprint density at radius 1 is 1.50 bits per heavy atom. The number of nitrogens with two attached hydrogens (primary N) is 1. The average molecular weight is 287 g/mol. The van der Waals surface area contributed by atoms with Crippen LogP contribution in [0.4, 0.5) is 5.69 Å². The second-order valence-electron chi connectivity index (χ2n) is 4.30. The van der Waals surface area contributed by atoms with E-state index in [1.54, 1.807) is 18.2 Å². The van der Waals surface area contributed by atoms with Gasteiger partial charge in [0.1, 0.15) is 0 Å². The lowest BCUT2D eigenvalue weighted by atomic mass is 10.3. The third kappa shape index (κ3) is 3.46. The number of nitrogens with one attached hydrogen (secondary N) is 1. The first-order valence-corrected chi connectivity index (χ1v) is 7.49. The molecule has 1 aromatic carbocycles. The van der Waals surface area contributed by atoms with Gasteiger partial charge in [0.2, 0.25) is 5.91 Å². The van der Waals surface area contributed by atoms with Gasteiger partial charge in [0.05, 0.1) is 20.7 Å². The van der Waals surface area contributed by atoms with Gasteiger partial charge in [-0.05, 0) is 25.0 Å². The molecular formula is C12H15ClN2O2S. The summed E-state index contributed by atoms with van der Waals surface area (Å²) in [6.45, 7) is 0. The van der Waals surface area contributed by atoms with Crippen LogP contribution in [-0.4, -0.2) is 21.9 Å².